The van der Waals surface area contributed by atoms with E-state index in [1.54, 1.807) is 0 Å². The molecule has 0 aliphatic rings. The SMILES string of the molecule is CCC(C)CCCCCCCCCCC(=O)O[C@H](COC(=O)CCCCCCCCCCC(C)C)COP(=O)(O)OCC(O)COP(=O)(O)OC[C@@H](COC(=O)CCCCCCCCC(C)CC)OC(=O)CCCCCCCCCCCCCCCCCC(C)C. The maximum absolute atomic E-state index is 13.0. The number of unbranched alkanes of at least 4 members (excludes halogenated alkanes) is 33. The summed E-state index contributed by atoms with van der Waals surface area (Å²) in [5, 5.41) is 10.6. The lowest BCUT2D eigenvalue weighted by Gasteiger charge is -2.21. The van der Waals surface area contributed by atoms with Crippen molar-refractivity contribution in [2.75, 3.05) is 39.6 Å². The third-order valence-corrected chi connectivity index (χ3v) is 19.2. The standard InChI is InChI=1S/C72H140O17P2/c1-9-64(7)50-42-34-26-21-23-29-39-47-55-72(77)89-67(58-82-69(74)52-44-36-27-22-20-25-33-41-49-63(5)6)60-86-90(78,79)84-56-66(73)57-85-91(80,81)87-61-68(59-83-70(75)53-45-37-31-30-35-43-51-65(8)10-2)88-71(76)54-46-38-28-19-17-15-13-11-12-14-16-18-24-32-40-48-62(3)4/h62-68,73H,9-61H2,1-8H3,(H,78,79)(H,80,81)/t64?,65?,66?,67-,68-/m1/s1. The van der Waals surface area contributed by atoms with E-state index in [1.807, 2.05) is 0 Å². The molecule has 0 radical (unpaired) electrons. The number of aliphatic hydroxyl groups excluding tert-OH is 1. The molecule has 19 heteroatoms. The molecule has 5 unspecified atom stereocenters. The Morgan fingerprint density at radius 3 is 0.780 bits per heavy atom. The number of hydrogen-bond donors (Lipinski definition) is 3. The first-order valence-corrected chi connectivity index (χ1v) is 40.3. The average Bonchev–Trinajstić information content (AvgIpc) is 2.76. The second-order valence-corrected chi connectivity index (χ2v) is 30.3. The highest BCUT2D eigenvalue weighted by Crippen LogP contribution is 2.45. The van der Waals surface area contributed by atoms with Crippen LogP contribution in [-0.2, 0) is 65.4 Å². The molecule has 0 aromatic carbocycles. The fourth-order valence-corrected chi connectivity index (χ4v) is 12.4. The lowest BCUT2D eigenvalue weighted by Crippen LogP contribution is -2.30. The molecule has 0 aliphatic carbocycles. The number of hydrogen-bond acceptors (Lipinski definition) is 15. The summed E-state index contributed by atoms with van der Waals surface area (Å²) in [5.74, 6) is 0.900. The van der Waals surface area contributed by atoms with Crippen molar-refractivity contribution in [2.45, 2.75) is 375 Å². The minimum atomic E-state index is -4.95. The van der Waals surface area contributed by atoms with Gasteiger partial charge in [0, 0.05) is 25.7 Å². The van der Waals surface area contributed by atoms with Crippen LogP contribution in [0.1, 0.15) is 357 Å². The molecule has 0 amide bonds. The topological polar surface area (TPSA) is 237 Å². The van der Waals surface area contributed by atoms with Crippen LogP contribution in [-0.4, -0.2) is 96.7 Å². The number of carbonyl (C=O) groups excluding carboxylic acids is 4. The quantitative estimate of drug-likeness (QED) is 0.0222. The van der Waals surface area contributed by atoms with E-state index >= 15 is 0 Å². The number of aliphatic hydroxyl groups is 1. The van der Waals surface area contributed by atoms with Gasteiger partial charge in [0.05, 0.1) is 26.4 Å². The van der Waals surface area contributed by atoms with Gasteiger partial charge in [-0.15, -0.1) is 0 Å². The Labute approximate surface area is 556 Å². The first kappa shape index (κ1) is 89.1. The Morgan fingerprint density at radius 1 is 0.308 bits per heavy atom. The molecule has 540 valence electrons. The zero-order valence-corrected chi connectivity index (χ0v) is 61.3. The van der Waals surface area contributed by atoms with Crippen LogP contribution in [0.15, 0.2) is 0 Å². The average molecular weight is 1340 g/mol. The Hall–Kier alpha value is -1.94. The largest absolute Gasteiger partial charge is 0.472 e. The normalized spacial score (nSPS) is 14.8. The molecule has 0 aliphatic heterocycles. The number of rotatable bonds is 69. The molecule has 0 heterocycles. The van der Waals surface area contributed by atoms with Gasteiger partial charge in [0.15, 0.2) is 12.2 Å². The lowest BCUT2D eigenvalue weighted by atomic mass is 9.99. The van der Waals surface area contributed by atoms with E-state index < -0.39 is 97.5 Å². The van der Waals surface area contributed by atoms with Crippen LogP contribution in [0, 0.1) is 23.7 Å². The number of carbonyl (C=O) groups is 4. The summed E-state index contributed by atoms with van der Waals surface area (Å²) in [6.07, 6.45) is 44.5. The molecule has 0 saturated heterocycles. The summed E-state index contributed by atoms with van der Waals surface area (Å²) >= 11 is 0. The first-order chi connectivity index (χ1) is 43.7. The van der Waals surface area contributed by atoms with Gasteiger partial charge in [0.2, 0.25) is 0 Å². The van der Waals surface area contributed by atoms with E-state index in [1.165, 1.54) is 154 Å². The van der Waals surface area contributed by atoms with Crippen molar-refractivity contribution in [1.82, 2.24) is 0 Å². The minimum absolute atomic E-state index is 0.104. The van der Waals surface area contributed by atoms with Crippen LogP contribution >= 0.6 is 15.6 Å². The highest BCUT2D eigenvalue weighted by molar-refractivity contribution is 7.47. The van der Waals surface area contributed by atoms with Gasteiger partial charge in [0.25, 0.3) is 0 Å². The van der Waals surface area contributed by atoms with Gasteiger partial charge in [-0.1, -0.05) is 306 Å². The fraction of sp³-hybridized carbons (Fsp3) is 0.944. The van der Waals surface area contributed by atoms with Crippen molar-refractivity contribution in [3.8, 4) is 0 Å². The molecule has 0 bridgehead atoms. The predicted octanol–water partition coefficient (Wildman–Crippen LogP) is 20.5. The van der Waals surface area contributed by atoms with Crippen molar-refractivity contribution in [3.05, 3.63) is 0 Å². The molecular formula is C72H140O17P2. The Balaban J connectivity index is 5.23. The molecule has 17 nitrogen and oxygen atoms in total. The zero-order valence-electron chi connectivity index (χ0n) is 59.5. The molecule has 0 aromatic rings. The molecule has 0 spiro atoms. The van der Waals surface area contributed by atoms with Crippen molar-refractivity contribution >= 4 is 39.5 Å². The molecule has 7 atom stereocenters. The zero-order chi connectivity index (χ0) is 67.5. The van der Waals surface area contributed by atoms with E-state index in [-0.39, 0.29) is 25.7 Å². The number of phosphoric ester groups is 2. The Kier molecular flexibility index (Phi) is 60.3. The van der Waals surface area contributed by atoms with Gasteiger partial charge in [-0.05, 0) is 49.4 Å². The van der Waals surface area contributed by atoms with Crippen LogP contribution in [0.4, 0.5) is 0 Å². The van der Waals surface area contributed by atoms with E-state index in [2.05, 4.69) is 55.4 Å². The molecule has 0 saturated carbocycles. The second-order valence-electron chi connectivity index (χ2n) is 27.4. The van der Waals surface area contributed by atoms with E-state index in [0.29, 0.717) is 25.7 Å². The number of phosphoric acid groups is 2. The second kappa shape index (κ2) is 61.6. The highest BCUT2D eigenvalue weighted by Gasteiger charge is 2.30. The molecule has 0 fully saturated rings. The van der Waals surface area contributed by atoms with Crippen LogP contribution < -0.4 is 0 Å². The minimum Gasteiger partial charge on any atom is -0.462 e. The first-order valence-electron chi connectivity index (χ1n) is 37.3. The van der Waals surface area contributed by atoms with Crippen molar-refractivity contribution in [3.63, 3.8) is 0 Å². The maximum Gasteiger partial charge on any atom is 0.472 e. The number of ether oxygens (including phenoxy) is 4. The van der Waals surface area contributed by atoms with Crippen molar-refractivity contribution < 1.29 is 80.2 Å². The highest BCUT2D eigenvalue weighted by atomic mass is 31.2. The summed E-state index contributed by atoms with van der Waals surface area (Å²) in [6, 6.07) is 0. The summed E-state index contributed by atoms with van der Waals surface area (Å²) in [5.41, 5.74) is 0. The molecule has 0 aromatic heterocycles. The summed E-state index contributed by atoms with van der Waals surface area (Å²) < 4.78 is 68.3. The summed E-state index contributed by atoms with van der Waals surface area (Å²) in [7, 11) is -9.91. The third kappa shape index (κ3) is 63.9. The third-order valence-electron chi connectivity index (χ3n) is 17.3. The maximum atomic E-state index is 13.0. The molecule has 3 N–H and O–H groups in total. The summed E-state index contributed by atoms with van der Waals surface area (Å²) in [6.45, 7) is 14.1. The molecule has 91 heavy (non-hydrogen) atoms. The van der Waals surface area contributed by atoms with Crippen molar-refractivity contribution in [2.24, 2.45) is 23.7 Å². The Morgan fingerprint density at radius 2 is 0.527 bits per heavy atom. The van der Waals surface area contributed by atoms with Crippen LogP contribution in [0.2, 0.25) is 0 Å². The monoisotopic (exact) mass is 1340 g/mol. The fourth-order valence-electron chi connectivity index (χ4n) is 10.8. The molecular weight excluding hydrogens is 1200 g/mol. The smallest absolute Gasteiger partial charge is 0.462 e. The predicted molar refractivity (Wildman–Crippen MR) is 367 cm³/mol. The van der Waals surface area contributed by atoms with Gasteiger partial charge in [-0.3, -0.25) is 37.3 Å². The van der Waals surface area contributed by atoms with Crippen LogP contribution in [0.5, 0.6) is 0 Å². The summed E-state index contributed by atoms with van der Waals surface area (Å²) in [4.78, 5) is 72.6. The van der Waals surface area contributed by atoms with Gasteiger partial charge in [-0.25, -0.2) is 9.13 Å². The van der Waals surface area contributed by atoms with E-state index in [9.17, 15) is 43.2 Å². The lowest BCUT2D eigenvalue weighted by molar-refractivity contribution is -0.161. The molecule has 0 rings (SSSR count). The van der Waals surface area contributed by atoms with Crippen LogP contribution in [0.25, 0.3) is 0 Å². The van der Waals surface area contributed by atoms with Gasteiger partial charge in [0.1, 0.15) is 19.3 Å². The van der Waals surface area contributed by atoms with Crippen LogP contribution in [0.3, 0.4) is 0 Å². The van der Waals surface area contributed by atoms with E-state index in [4.69, 9.17) is 37.0 Å². The Bertz CT molecular complexity index is 1800. The number of esters is 4. The van der Waals surface area contributed by atoms with Gasteiger partial charge in [-0.2, -0.15) is 0 Å². The van der Waals surface area contributed by atoms with Gasteiger partial charge >= 0.3 is 39.5 Å². The van der Waals surface area contributed by atoms with Gasteiger partial charge < -0.3 is 33.8 Å². The van der Waals surface area contributed by atoms with Crippen molar-refractivity contribution in [1.29, 1.82) is 0 Å². The van der Waals surface area contributed by atoms with E-state index in [0.717, 1.165) is 120 Å².